The molecule has 0 bridgehead atoms. The topological polar surface area (TPSA) is 55.6 Å². The molecule has 4 nitrogen and oxygen atoms in total. The SMILES string of the molecule is CC(N)C1CN(C(=O)c2ccc(F)c(Br)c2)CCO1. The van der Waals surface area contributed by atoms with Gasteiger partial charge in [-0.1, -0.05) is 0 Å². The number of carbonyl (C=O) groups is 1. The highest BCUT2D eigenvalue weighted by Gasteiger charge is 2.27. The zero-order valence-corrected chi connectivity index (χ0v) is 12.2. The number of amides is 1. The van der Waals surface area contributed by atoms with Crippen LogP contribution in [0.15, 0.2) is 22.7 Å². The van der Waals surface area contributed by atoms with E-state index in [9.17, 15) is 9.18 Å². The number of ether oxygens (including phenoxy) is 1. The molecule has 2 atom stereocenters. The Balaban J connectivity index is 2.12. The molecule has 1 aliphatic rings. The molecule has 2 unspecified atom stereocenters. The average Bonchev–Trinajstić information content (AvgIpc) is 2.41. The summed E-state index contributed by atoms with van der Waals surface area (Å²) in [6.07, 6.45) is -0.151. The van der Waals surface area contributed by atoms with Gasteiger partial charge in [-0.3, -0.25) is 4.79 Å². The molecule has 1 saturated heterocycles. The van der Waals surface area contributed by atoms with E-state index in [1.54, 1.807) is 4.90 Å². The van der Waals surface area contributed by atoms with Crippen molar-refractivity contribution in [1.82, 2.24) is 4.90 Å². The number of benzene rings is 1. The maximum Gasteiger partial charge on any atom is 0.254 e. The van der Waals surface area contributed by atoms with Crippen LogP contribution in [0.25, 0.3) is 0 Å². The Morgan fingerprint density at radius 3 is 3.00 bits per heavy atom. The molecule has 6 heteroatoms. The summed E-state index contributed by atoms with van der Waals surface area (Å²) in [6.45, 7) is 3.32. The fraction of sp³-hybridized carbons (Fsp3) is 0.462. The van der Waals surface area contributed by atoms with Crippen LogP contribution < -0.4 is 5.73 Å². The third-order valence-electron chi connectivity index (χ3n) is 3.13. The first-order valence-corrected chi connectivity index (χ1v) is 6.90. The summed E-state index contributed by atoms with van der Waals surface area (Å²) in [7, 11) is 0. The maximum atomic E-state index is 13.2. The predicted molar refractivity (Wildman–Crippen MR) is 73.4 cm³/mol. The van der Waals surface area contributed by atoms with Crippen molar-refractivity contribution in [2.75, 3.05) is 19.7 Å². The highest BCUT2D eigenvalue weighted by molar-refractivity contribution is 9.10. The zero-order valence-electron chi connectivity index (χ0n) is 10.6. The number of halogens is 2. The normalized spacial score (nSPS) is 21.3. The van der Waals surface area contributed by atoms with Crippen molar-refractivity contribution < 1.29 is 13.9 Å². The second-order valence-electron chi connectivity index (χ2n) is 4.65. The van der Waals surface area contributed by atoms with Gasteiger partial charge in [0, 0.05) is 24.7 Å². The minimum Gasteiger partial charge on any atom is -0.373 e. The van der Waals surface area contributed by atoms with Crippen molar-refractivity contribution in [3.8, 4) is 0 Å². The minimum atomic E-state index is -0.382. The van der Waals surface area contributed by atoms with E-state index in [1.165, 1.54) is 18.2 Å². The Labute approximate surface area is 119 Å². The van der Waals surface area contributed by atoms with Crippen LogP contribution >= 0.6 is 15.9 Å². The van der Waals surface area contributed by atoms with E-state index in [2.05, 4.69) is 15.9 Å². The number of hydrogen-bond donors (Lipinski definition) is 1. The van der Waals surface area contributed by atoms with Crippen LogP contribution in [0, 0.1) is 5.82 Å². The van der Waals surface area contributed by atoms with Crippen molar-refractivity contribution in [1.29, 1.82) is 0 Å². The van der Waals surface area contributed by atoms with E-state index in [0.29, 0.717) is 25.3 Å². The monoisotopic (exact) mass is 330 g/mol. The number of nitrogens with zero attached hydrogens (tertiary/aromatic N) is 1. The van der Waals surface area contributed by atoms with Crippen molar-refractivity contribution in [2.45, 2.75) is 19.1 Å². The van der Waals surface area contributed by atoms with Crippen LogP contribution in [0.5, 0.6) is 0 Å². The molecule has 1 aliphatic heterocycles. The van der Waals surface area contributed by atoms with Crippen LogP contribution in [0.4, 0.5) is 4.39 Å². The van der Waals surface area contributed by atoms with Gasteiger partial charge in [-0.2, -0.15) is 0 Å². The number of rotatable bonds is 2. The van der Waals surface area contributed by atoms with Crippen LogP contribution in [0.3, 0.4) is 0 Å². The van der Waals surface area contributed by atoms with E-state index in [0.717, 1.165) is 0 Å². The Morgan fingerprint density at radius 1 is 1.63 bits per heavy atom. The van der Waals surface area contributed by atoms with E-state index in [4.69, 9.17) is 10.5 Å². The molecule has 1 aromatic rings. The number of morpholine rings is 1. The average molecular weight is 331 g/mol. The molecular formula is C13H16BrFN2O2. The lowest BCUT2D eigenvalue weighted by molar-refractivity contribution is -0.0300. The first kappa shape index (κ1) is 14.4. The maximum absolute atomic E-state index is 13.2. The van der Waals surface area contributed by atoms with Gasteiger partial charge in [0.1, 0.15) is 5.82 Å². The Morgan fingerprint density at radius 2 is 2.37 bits per heavy atom. The molecule has 1 aromatic carbocycles. The van der Waals surface area contributed by atoms with Gasteiger partial charge < -0.3 is 15.4 Å². The van der Waals surface area contributed by atoms with Crippen LogP contribution in [-0.4, -0.2) is 42.6 Å². The van der Waals surface area contributed by atoms with Gasteiger partial charge in [0.15, 0.2) is 0 Å². The molecule has 19 heavy (non-hydrogen) atoms. The molecule has 1 fully saturated rings. The third kappa shape index (κ3) is 3.32. The molecule has 0 radical (unpaired) electrons. The second-order valence-corrected chi connectivity index (χ2v) is 5.50. The molecule has 0 saturated carbocycles. The summed E-state index contributed by atoms with van der Waals surface area (Å²) in [5.41, 5.74) is 6.25. The van der Waals surface area contributed by atoms with E-state index in [1.807, 2.05) is 6.92 Å². The first-order valence-electron chi connectivity index (χ1n) is 6.10. The largest absolute Gasteiger partial charge is 0.373 e. The fourth-order valence-corrected chi connectivity index (χ4v) is 2.37. The van der Waals surface area contributed by atoms with Gasteiger partial charge in [0.2, 0.25) is 0 Å². The Kier molecular flexibility index (Phi) is 4.54. The highest BCUT2D eigenvalue weighted by Crippen LogP contribution is 2.19. The van der Waals surface area contributed by atoms with Gasteiger partial charge in [-0.25, -0.2) is 4.39 Å². The molecule has 1 heterocycles. The van der Waals surface area contributed by atoms with Crippen molar-refractivity contribution in [3.05, 3.63) is 34.1 Å². The van der Waals surface area contributed by atoms with Gasteiger partial charge >= 0.3 is 0 Å². The second kappa shape index (κ2) is 5.98. The van der Waals surface area contributed by atoms with E-state index >= 15 is 0 Å². The zero-order chi connectivity index (χ0) is 14.0. The van der Waals surface area contributed by atoms with Crippen molar-refractivity contribution in [3.63, 3.8) is 0 Å². The molecular weight excluding hydrogens is 315 g/mol. The first-order chi connectivity index (χ1) is 8.99. The quantitative estimate of drug-likeness (QED) is 0.899. The van der Waals surface area contributed by atoms with Crippen LogP contribution in [0.2, 0.25) is 0 Å². The molecule has 104 valence electrons. The third-order valence-corrected chi connectivity index (χ3v) is 3.74. The molecule has 1 amide bonds. The molecule has 2 N–H and O–H groups in total. The highest BCUT2D eigenvalue weighted by atomic mass is 79.9. The molecule has 0 spiro atoms. The van der Waals surface area contributed by atoms with E-state index in [-0.39, 0.29) is 28.3 Å². The lowest BCUT2D eigenvalue weighted by Crippen LogP contribution is -2.51. The fourth-order valence-electron chi connectivity index (χ4n) is 1.99. The van der Waals surface area contributed by atoms with Gasteiger partial charge in [-0.05, 0) is 41.1 Å². The minimum absolute atomic E-state index is 0.129. The summed E-state index contributed by atoms with van der Waals surface area (Å²) in [5, 5.41) is 0. The summed E-state index contributed by atoms with van der Waals surface area (Å²) in [4.78, 5) is 14.0. The number of carbonyl (C=O) groups excluding carboxylic acids is 1. The summed E-state index contributed by atoms with van der Waals surface area (Å²) < 4.78 is 19.0. The smallest absolute Gasteiger partial charge is 0.254 e. The number of nitrogens with two attached hydrogens (primary N) is 1. The van der Waals surface area contributed by atoms with Gasteiger partial charge in [0.05, 0.1) is 17.2 Å². The van der Waals surface area contributed by atoms with Crippen LogP contribution in [0.1, 0.15) is 17.3 Å². The lowest BCUT2D eigenvalue weighted by atomic mass is 10.1. The summed E-state index contributed by atoms with van der Waals surface area (Å²) in [5.74, 6) is -0.512. The van der Waals surface area contributed by atoms with E-state index < -0.39 is 0 Å². The summed E-state index contributed by atoms with van der Waals surface area (Å²) >= 11 is 3.08. The molecule has 0 aliphatic carbocycles. The lowest BCUT2D eigenvalue weighted by Gasteiger charge is -2.34. The standard InChI is InChI=1S/C13H16BrFN2O2/c1-8(16)12-7-17(4-5-19-12)13(18)9-2-3-11(15)10(14)6-9/h2-3,6,8,12H,4-5,7,16H2,1H3. The summed E-state index contributed by atoms with van der Waals surface area (Å²) in [6, 6.07) is 4.13. The predicted octanol–water partition coefficient (Wildman–Crippen LogP) is 1.78. The Bertz CT molecular complexity index is 482. The Hall–Kier alpha value is -0.980. The van der Waals surface area contributed by atoms with Gasteiger partial charge in [-0.15, -0.1) is 0 Å². The van der Waals surface area contributed by atoms with Crippen LogP contribution in [-0.2, 0) is 4.74 Å². The van der Waals surface area contributed by atoms with Crippen molar-refractivity contribution >= 4 is 21.8 Å². The van der Waals surface area contributed by atoms with Crippen molar-refractivity contribution in [2.24, 2.45) is 5.73 Å². The van der Waals surface area contributed by atoms with Gasteiger partial charge in [0.25, 0.3) is 5.91 Å². The molecule has 2 rings (SSSR count). The number of hydrogen-bond acceptors (Lipinski definition) is 3. The molecule has 0 aromatic heterocycles.